The molecule has 2 aromatic rings. The van der Waals surface area contributed by atoms with Crippen LogP contribution in [0.2, 0.25) is 0 Å². The van der Waals surface area contributed by atoms with Crippen molar-refractivity contribution >= 4 is 17.5 Å². The van der Waals surface area contributed by atoms with Gasteiger partial charge in [-0.3, -0.25) is 4.79 Å². The van der Waals surface area contributed by atoms with E-state index in [0.717, 1.165) is 28.5 Å². The molecule has 2 rings (SSSR count). The molecule has 18 heavy (non-hydrogen) atoms. The number of ketones is 1. The minimum absolute atomic E-state index is 0.113. The van der Waals surface area contributed by atoms with Crippen LogP contribution in [0, 0.1) is 0 Å². The predicted molar refractivity (Wildman–Crippen MR) is 74.1 cm³/mol. The summed E-state index contributed by atoms with van der Waals surface area (Å²) < 4.78 is 2.03. The van der Waals surface area contributed by atoms with E-state index in [2.05, 4.69) is 4.98 Å². The molecule has 0 aliphatic heterocycles. The van der Waals surface area contributed by atoms with Crippen LogP contribution in [0.5, 0.6) is 0 Å². The summed E-state index contributed by atoms with van der Waals surface area (Å²) in [6, 6.07) is 7.77. The first kappa shape index (κ1) is 12.9. The molecule has 0 unspecified atom stereocenters. The SMILES string of the molecule is CC(=O)c1cccc(SCCc2nccn2C)c1. The number of Topliss-reactive ketones (excluding diaryl/α,β-unsaturated/α-hetero) is 1. The number of imidazole rings is 1. The van der Waals surface area contributed by atoms with Crippen LogP contribution in [0.3, 0.4) is 0 Å². The number of hydrogen-bond acceptors (Lipinski definition) is 3. The molecule has 1 aromatic carbocycles. The second-order valence-electron chi connectivity index (χ2n) is 4.14. The minimum Gasteiger partial charge on any atom is -0.338 e. The second-order valence-corrected chi connectivity index (χ2v) is 5.31. The molecule has 0 aliphatic carbocycles. The summed E-state index contributed by atoms with van der Waals surface area (Å²) in [6.45, 7) is 1.59. The van der Waals surface area contributed by atoms with Crippen LogP contribution in [0.1, 0.15) is 23.1 Å². The molecule has 1 aromatic heterocycles. The monoisotopic (exact) mass is 260 g/mol. The minimum atomic E-state index is 0.113. The van der Waals surface area contributed by atoms with Crippen molar-refractivity contribution in [3.63, 3.8) is 0 Å². The lowest BCUT2D eigenvalue weighted by Crippen LogP contribution is -1.99. The van der Waals surface area contributed by atoms with Gasteiger partial charge in [0.15, 0.2) is 5.78 Å². The number of benzene rings is 1. The van der Waals surface area contributed by atoms with Crippen molar-refractivity contribution < 1.29 is 4.79 Å². The highest BCUT2D eigenvalue weighted by molar-refractivity contribution is 7.99. The van der Waals surface area contributed by atoms with Gasteiger partial charge in [0.05, 0.1) is 0 Å². The Hall–Kier alpha value is -1.55. The summed E-state index contributed by atoms with van der Waals surface area (Å²) in [5.41, 5.74) is 0.775. The maximum atomic E-state index is 11.3. The van der Waals surface area contributed by atoms with E-state index < -0.39 is 0 Å². The molecule has 94 valence electrons. The van der Waals surface area contributed by atoms with Crippen LogP contribution in [-0.2, 0) is 13.5 Å². The first-order chi connectivity index (χ1) is 8.66. The number of rotatable bonds is 5. The van der Waals surface area contributed by atoms with Crippen LogP contribution in [0.4, 0.5) is 0 Å². The van der Waals surface area contributed by atoms with Crippen LogP contribution in [-0.4, -0.2) is 21.1 Å². The number of thioether (sulfide) groups is 1. The molecule has 0 aliphatic rings. The van der Waals surface area contributed by atoms with E-state index in [4.69, 9.17) is 0 Å². The van der Waals surface area contributed by atoms with E-state index >= 15 is 0 Å². The number of carbonyl (C=O) groups is 1. The zero-order valence-electron chi connectivity index (χ0n) is 10.6. The Morgan fingerprint density at radius 2 is 2.28 bits per heavy atom. The van der Waals surface area contributed by atoms with E-state index in [-0.39, 0.29) is 5.78 Å². The molecule has 0 N–H and O–H groups in total. The van der Waals surface area contributed by atoms with Gasteiger partial charge in [0.1, 0.15) is 5.82 Å². The van der Waals surface area contributed by atoms with Crippen LogP contribution in [0.25, 0.3) is 0 Å². The Kier molecular flexibility index (Phi) is 4.20. The van der Waals surface area contributed by atoms with Crippen molar-refractivity contribution in [1.29, 1.82) is 0 Å². The molecule has 0 saturated carbocycles. The molecule has 0 radical (unpaired) electrons. The van der Waals surface area contributed by atoms with Crippen LogP contribution < -0.4 is 0 Å². The molecule has 3 nitrogen and oxygen atoms in total. The molecule has 0 saturated heterocycles. The normalized spacial score (nSPS) is 10.6. The average molecular weight is 260 g/mol. The summed E-state index contributed by atoms with van der Waals surface area (Å²) in [4.78, 5) is 16.7. The largest absolute Gasteiger partial charge is 0.338 e. The van der Waals surface area contributed by atoms with Gasteiger partial charge in [0, 0.05) is 42.1 Å². The average Bonchev–Trinajstić information content (AvgIpc) is 2.76. The molecule has 0 spiro atoms. The summed E-state index contributed by atoms with van der Waals surface area (Å²) in [6.07, 6.45) is 4.70. The fraction of sp³-hybridized carbons (Fsp3) is 0.286. The first-order valence-corrected chi connectivity index (χ1v) is 6.85. The predicted octanol–water partition coefficient (Wildman–Crippen LogP) is 2.96. The Morgan fingerprint density at radius 1 is 1.44 bits per heavy atom. The van der Waals surface area contributed by atoms with E-state index in [1.807, 2.05) is 48.3 Å². The summed E-state index contributed by atoms with van der Waals surface area (Å²) in [5.74, 6) is 2.17. The van der Waals surface area contributed by atoms with Gasteiger partial charge in [0.2, 0.25) is 0 Å². The maximum Gasteiger partial charge on any atom is 0.159 e. The molecule has 0 amide bonds. The molecular weight excluding hydrogens is 244 g/mol. The zero-order chi connectivity index (χ0) is 13.0. The van der Waals surface area contributed by atoms with Crippen LogP contribution in [0.15, 0.2) is 41.6 Å². The van der Waals surface area contributed by atoms with E-state index in [9.17, 15) is 4.79 Å². The second kappa shape index (κ2) is 5.87. The maximum absolute atomic E-state index is 11.3. The van der Waals surface area contributed by atoms with Gasteiger partial charge in [-0.1, -0.05) is 12.1 Å². The smallest absolute Gasteiger partial charge is 0.159 e. The molecule has 1 heterocycles. The van der Waals surface area contributed by atoms with Crippen molar-refractivity contribution in [3.05, 3.63) is 48.0 Å². The van der Waals surface area contributed by atoms with Gasteiger partial charge in [-0.05, 0) is 19.1 Å². The highest BCUT2D eigenvalue weighted by Crippen LogP contribution is 2.20. The lowest BCUT2D eigenvalue weighted by molar-refractivity contribution is 0.101. The third-order valence-corrected chi connectivity index (χ3v) is 3.75. The van der Waals surface area contributed by atoms with E-state index in [1.165, 1.54) is 0 Å². The van der Waals surface area contributed by atoms with Crippen molar-refractivity contribution in [2.75, 3.05) is 5.75 Å². The third kappa shape index (κ3) is 3.23. The molecule has 0 fully saturated rings. The number of nitrogens with zero attached hydrogens (tertiary/aromatic N) is 2. The summed E-state index contributed by atoms with van der Waals surface area (Å²) in [7, 11) is 2.00. The fourth-order valence-corrected chi connectivity index (χ4v) is 2.61. The number of aromatic nitrogens is 2. The number of carbonyl (C=O) groups excluding carboxylic acids is 1. The van der Waals surface area contributed by atoms with Gasteiger partial charge in [0.25, 0.3) is 0 Å². The summed E-state index contributed by atoms with van der Waals surface area (Å²) >= 11 is 1.75. The van der Waals surface area contributed by atoms with Gasteiger partial charge >= 0.3 is 0 Å². The van der Waals surface area contributed by atoms with Crippen LogP contribution >= 0.6 is 11.8 Å². The lowest BCUT2D eigenvalue weighted by atomic mass is 10.2. The van der Waals surface area contributed by atoms with Gasteiger partial charge in [-0.15, -0.1) is 11.8 Å². The highest BCUT2D eigenvalue weighted by atomic mass is 32.2. The number of hydrogen-bond donors (Lipinski definition) is 0. The quantitative estimate of drug-likeness (QED) is 0.612. The highest BCUT2D eigenvalue weighted by Gasteiger charge is 2.03. The molecule has 0 bridgehead atoms. The fourth-order valence-electron chi connectivity index (χ4n) is 1.70. The standard InChI is InChI=1S/C14H16N2OS/c1-11(17)12-4-3-5-13(10-12)18-9-6-14-15-7-8-16(14)2/h3-5,7-8,10H,6,9H2,1-2H3. The van der Waals surface area contributed by atoms with Gasteiger partial charge in [-0.2, -0.15) is 0 Å². The van der Waals surface area contributed by atoms with Crippen molar-refractivity contribution in [2.24, 2.45) is 7.05 Å². The number of aryl methyl sites for hydroxylation is 2. The van der Waals surface area contributed by atoms with Gasteiger partial charge < -0.3 is 4.57 Å². The molecule has 0 atom stereocenters. The van der Waals surface area contributed by atoms with Crippen molar-refractivity contribution in [1.82, 2.24) is 9.55 Å². The topological polar surface area (TPSA) is 34.9 Å². The van der Waals surface area contributed by atoms with Crippen molar-refractivity contribution in [3.8, 4) is 0 Å². The Balaban J connectivity index is 1.92. The molecule has 4 heteroatoms. The Labute approximate surface area is 111 Å². The van der Waals surface area contributed by atoms with Crippen molar-refractivity contribution in [2.45, 2.75) is 18.2 Å². The van der Waals surface area contributed by atoms with E-state index in [0.29, 0.717) is 0 Å². The summed E-state index contributed by atoms with van der Waals surface area (Å²) in [5, 5.41) is 0. The lowest BCUT2D eigenvalue weighted by Gasteiger charge is -2.04. The molecular formula is C14H16N2OS. The zero-order valence-corrected chi connectivity index (χ0v) is 11.4. The Bertz CT molecular complexity index is 548. The Morgan fingerprint density at radius 3 is 2.94 bits per heavy atom. The first-order valence-electron chi connectivity index (χ1n) is 5.87. The third-order valence-electron chi connectivity index (χ3n) is 2.76. The van der Waals surface area contributed by atoms with E-state index in [1.54, 1.807) is 18.7 Å². The van der Waals surface area contributed by atoms with Gasteiger partial charge in [-0.25, -0.2) is 4.98 Å².